The van der Waals surface area contributed by atoms with E-state index in [1.54, 1.807) is 38.3 Å². The summed E-state index contributed by atoms with van der Waals surface area (Å²) in [5.41, 5.74) is 2.74. The molecule has 27 heavy (non-hydrogen) atoms. The number of benzene rings is 2. The van der Waals surface area contributed by atoms with E-state index in [4.69, 9.17) is 4.74 Å². The largest absolute Gasteiger partial charge is 0.497 e. The van der Waals surface area contributed by atoms with Crippen LogP contribution in [0, 0.1) is 11.8 Å². The number of allylic oxidation sites excluding steroid dienone is 2. The number of carbonyl (C=O) groups is 3. The van der Waals surface area contributed by atoms with Crippen LogP contribution in [0.2, 0.25) is 0 Å². The fourth-order valence-corrected chi connectivity index (χ4v) is 4.19. The number of hydrogen-bond acceptors (Lipinski definition) is 4. The number of hydrogen-bond donors (Lipinski definition) is 0. The molecule has 136 valence electrons. The van der Waals surface area contributed by atoms with E-state index in [2.05, 4.69) is 0 Å². The molecule has 4 nitrogen and oxygen atoms in total. The van der Waals surface area contributed by atoms with Crippen LogP contribution in [0.25, 0.3) is 0 Å². The highest BCUT2D eigenvalue weighted by atomic mass is 16.5. The summed E-state index contributed by atoms with van der Waals surface area (Å²) >= 11 is 0. The first-order chi connectivity index (χ1) is 13.0. The van der Waals surface area contributed by atoms with Gasteiger partial charge in [0.1, 0.15) is 11.5 Å². The molecule has 2 atom stereocenters. The summed E-state index contributed by atoms with van der Waals surface area (Å²) in [6.45, 7) is 1.73. The van der Waals surface area contributed by atoms with Crippen molar-refractivity contribution in [2.24, 2.45) is 11.8 Å². The molecule has 4 heteroatoms. The maximum atomic E-state index is 13.2. The molecule has 2 aliphatic carbocycles. The van der Waals surface area contributed by atoms with Crippen LogP contribution in [0.1, 0.15) is 39.6 Å². The summed E-state index contributed by atoms with van der Waals surface area (Å²) in [6, 6.07) is 14.5. The summed E-state index contributed by atoms with van der Waals surface area (Å²) in [4.78, 5) is 38.9. The first-order valence-corrected chi connectivity index (χ1v) is 9.09. The van der Waals surface area contributed by atoms with E-state index in [0.29, 0.717) is 28.7 Å². The van der Waals surface area contributed by atoms with Crippen molar-refractivity contribution in [1.82, 2.24) is 0 Å². The average Bonchev–Trinajstić information content (AvgIpc) is 2.69. The van der Waals surface area contributed by atoms with Gasteiger partial charge in [0, 0.05) is 34.6 Å². The third-order valence-electron chi connectivity index (χ3n) is 5.58. The maximum absolute atomic E-state index is 13.2. The minimum atomic E-state index is -0.536. The Kier molecular flexibility index (Phi) is 4.27. The molecule has 2 aromatic rings. The van der Waals surface area contributed by atoms with Gasteiger partial charge in [0.2, 0.25) is 0 Å². The van der Waals surface area contributed by atoms with Crippen molar-refractivity contribution < 1.29 is 19.1 Å². The van der Waals surface area contributed by atoms with Gasteiger partial charge in [0.25, 0.3) is 0 Å². The van der Waals surface area contributed by atoms with Gasteiger partial charge in [0.05, 0.1) is 7.11 Å². The van der Waals surface area contributed by atoms with Crippen LogP contribution in [0.3, 0.4) is 0 Å². The molecule has 0 saturated heterocycles. The van der Waals surface area contributed by atoms with Crippen LogP contribution in [0.4, 0.5) is 0 Å². The summed E-state index contributed by atoms with van der Waals surface area (Å²) in [7, 11) is 1.60. The predicted molar refractivity (Wildman–Crippen MR) is 101 cm³/mol. The van der Waals surface area contributed by atoms with Crippen LogP contribution in [-0.4, -0.2) is 24.5 Å². The van der Waals surface area contributed by atoms with Crippen molar-refractivity contribution in [3.8, 4) is 5.75 Å². The molecule has 2 unspecified atom stereocenters. The predicted octanol–water partition coefficient (Wildman–Crippen LogP) is 3.84. The Balaban J connectivity index is 1.80. The molecule has 2 aliphatic rings. The first-order valence-electron chi connectivity index (χ1n) is 9.09. The molecule has 0 spiro atoms. The highest BCUT2D eigenvalue weighted by molar-refractivity contribution is 6.29. The lowest BCUT2D eigenvalue weighted by atomic mass is 9.67. The zero-order valence-electron chi connectivity index (χ0n) is 15.3. The van der Waals surface area contributed by atoms with Gasteiger partial charge in [-0.2, -0.15) is 0 Å². The topological polar surface area (TPSA) is 60.4 Å². The van der Waals surface area contributed by atoms with Gasteiger partial charge in [-0.25, -0.2) is 0 Å². The molecule has 0 fully saturated rings. The van der Waals surface area contributed by atoms with E-state index in [-0.39, 0.29) is 29.7 Å². The van der Waals surface area contributed by atoms with E-state index in [1.807, 2.05) is 24.3 Å². The third-order valence-corrected chi connectivity index (χ3v) is 5.58. The number of ether oxygens (including phenoxy) is 1. The monoisotopic (exact) mass is 360 g/mol. The number of fused-ring (bicyclic) bond motifs is 1. The molecule has 0 aliphatic heterocycles. The van der Waals surface area contributed by atoms with Gasteiger partial charge < -0.3 is 4.74 Å². The van der Waals surface area contributed by atoms with Gasteiger partial charge in [-0.15, -0.1) is 0 Å². The average molecular weight is 360 g/mol. The second kappa shape index (κ2) is 6.62. The standard InChI is InChI=1S/C23H20O4/c1-13-19(24)12-15(10-14-6-5-7-16(11-14)27-2)21-20(13)22(25)17-8-3-4-9-18(17)23(21)26/h3-9,11,13,15H,10,12H2,1-2H3. The van der Waals surface area contributed by atoms with Crippen LogP contribution in [0.5, 0.6) is 5.75 Å². The molecule has 4 rings (SSSR count). The lowest BCUT2D eigenvalue weighted by molar-refractivity contribution is -0.122. The maximum Gasteiger partial charge on any atom is 0.190 e. The lowest BCUT2D eigenvalue weighted by Gasteiger charge is -2.33. The van der Waals surface area contributed by atoms with Crippen LogP contribution in [0.15, 0.2) is 59.7 Å². The highest BCUT2D eigenvalue weighted by Crippen LogP contribution is 2.41. The van der Waals surface area contributed by atoms with Crippen LogP contribution >= 0.6 is 0 Å². The van der Waals surface area contributed by atoms with Gasteiger partial charge in [-0.1, -0.05) is 43.3 Å². The Morgan fingerprint density at radius 1 is 0.926 bits per heavy atom. The van der Waals surface area contributed by atoms with Gasteiger partial charge in [-0.3, -0.25) is 14.4 Å². The van der Waals surface area contributed by atoms with Crippen molar-refractivity contribution in [2.45, 2.75) is 19.8 Å². The number of methoxy groups -OCH3 is 1. The fraction of sp³-hybridized carbons (Fsp3) is 0.261. The Morgan fingerprint density at radius 2 is 1.59 bits per heavy atom. The molecule has 2 aromatic carbocycles. The molecule has 0 aromatic heterocycles. The molecule has 0 N–H and O–H groups in total. The highest BCUT2D eigenvalue weighted by Gasteiger charge is 2.43. The second-order valence-electron chi connectivity index (χ2n) is 7.18. The van der Waals surface area contributed by atoms with Crippen molar-refractivity contribution in [1.29, 1.82) is 0 Å². The number of rotatable bonds is 3. The molecular formula is C23H20O4. The van der Waals surface area contributed by atoms with Crippen molar-refractivity contribution in [3.05, 3.63) is 76.4 Å². The molecule has 0 heterocycles. The fourth-order valence-electron chi connectivity index (χ4n) is 4.19. The minimum absolute atomic E-state index is 0.0159. The lowest BCUT2D eigenvalue weighted by Crippen LogP contribution is -2.37. The van der Waals surface area contributed by atoms with E-state index in [0.717, 1.165) is 11.3 Å². The number of Topliss-reactive ketones (excluding diaryl/α,β-unsaturated/α-hetero) is 3. The zero-order valence-corrected chi connectivity index (χ0v) is 15.3. The SMILES string of the molecule is COc1cccc(CC2CC(=O)C(C)C3=C2C(=O)c2ccccc2C3=O)c1. The molecule has 0 saturated carbocycles. The summed E-state index contributed by atoms with van der Waals surface area (Å²) < 4.78 is 5.27. The second-order valence-corrected chi connectivity index (χ2v) is 7.18. The van der Waals surface area contributed by atoms with Crippen molar-refractivity contribution in [3.63, 3.8) is 0 Å². The summed E-state index contributed by atoms with van der Waals surface area (Å²) in [5, 5.41) is 0. The van der Waals surface area contributed by atoms with Crippen molar-refractivity contribution >= 4 is 17.3 Å². The Bertz CT molecular complexity index is 999. The number of ketones is 3. The third kappa shape index (κ3) is 2.81. The minimum Gasteiger partial charge on any atom is -0.497 e. The summed E-state index contributed by atoms with van der Waals surface area (Å²) in [5.74, 6) is -0.383. The van der Waals surface area contributed by atoms with E-state index in [1.165, 1.54) is 0 Å². The van der Waals surface area contributed by atoms with Gasteiger partial charge in [-0.05, 0) is 30.0 Å². The Labute approximate surface area is 157 Å². The van der Waals surface area contributed by atoms with Crippen LogP contribution in [-0.2, 0) is 11.2 Å². The van der Waals surface area contributed by atoms with Gasteiger partial charge >= 0.3 is 0 Å². The van der Waals surface area contributed by atoms with Gasteiger partial charge in [0.15, 0.2) is 11.6 Å². The van der Waals surface area contributed by atoms with Crippen molar-refractivity contribution in [2.75, 3.05) is 7.11 Å². The van der Waals surface area contributed by atoms with Crippen LogP contribution < -0.4 is 4.74 Å². The first kappa shape index (κ1) is 17.4. The normalized spacial score (nSPS) is 21.8. The zero-order chi connectivity index (χ0) is 19.1. The quantitative estimate of drug-likeness (QED) is 0.834. The molecular weight excluding hydrogens is 340 g/mol. The Hall–Kier alpha value is -3.01. The molecule has 0 amide bonds. The summed E-state index contributed by atoms with van der Waals surface area (Å²) in [6.07, 6.45) is 0.800. The van der Waals surface area contributed by atoms with E-state index in [9.17, 15) is 14.4 Å². The molecule has 0 radical (unpaired) electrons. The molecule has 0 bridgehead atoms. The Morgan fingerprint density at radius 3 is 2.26 bits per heavy atom. The number of carbonyl (C=O) groups excluding carboxylic acids is 3. The smallest absolute Gasteiger partial charge is 0.190 e. The van der Waals surface area contributed by atoms with E-state index >= 15 is 0 Å². The van der Waals surface area contributed by atoms with E-state index < -0.39 is 5.92 Å².